The molecule has 3 aromatic rings. The molecule has 7 heteroatoms. The summed E-state index contributed by atoms with van der Waals surface area (Å²) in [4.78, 5) is 24.7. The zero-order valence-electron chi connectivity index (χ0n) is 14.8. The summed E-state index contributed by atoms with van der Waals surface area (Å²) >= 11 is 0. The molecule has 0 unspecified atom stereocenters. The summed E-state index contributed by atoms with van der Waals surface area (Å²) in [5.41, 5.74) is 0.730. The minimum absolute atomic E-state index is 0.0918. The molecule has 3 rings (SSSR count). The summed E-state index contributed by atoms with van der Waals surface area (Å²) in [5.74, 6) is -0.716. The maximum absolute atomic E-state index is 12.3. The smallest absolute Gasteiger partial charge is 0.314 e. The highest BCUT2D eigenvalue weighted by Crippen LogP contribution is 2.30. The number of rotatable bonds is 4. The summed E-state index contributed by atoms with van der Waals surface area (Å²) < 4.78 is 10.3. The van der Waals surface area contributed by atoms with E-state index in [4.69, 9.17) is 9.47 Å². The highest BCUT2D eigenvalue weighted by molar-refractivity contribution is 6.44. The fourth-order valence-corrected chi connectivity index (χ4v) is 2.67. The maximum Gasteiger partial charge on any atom is 0.314 e. The van der Waals surface area contributed by atoms with Gasteiger partial charge in [0.25, 0.3) is 0 Å². The van der Waals surface area contributed by atoms with E-state index in [0.29, 0.717) is 33.6 Å². The number of ether oxygens (including phenoxy) is 2. The van der Waals surface area contributed by atoms with Gasteiger partial charge in [-0.2, -0.15) is 0 Å². The molecular formula is C20H18N2O5. The number of hydrogen-bond acceptors (Lipinski definition) is 5. The molecule has 0 bridgehead atoms. The van der Waals surface area contributed by atoms with Gasteiger partial charge in [-0.25, -0.2) is 0 Å². The molecule has 0 aliphatic rings. The van der Waals surface area contributed by atoms with E-state index >= 15 is 0 Å². The van der Waals surface area contributed by atoms with E-state index in [9.17, 15) is 14.7 Å². The monoisotopic (exact) mass is 366 g/mol. The summed E-state index contributed by atoms with van der Waals surface area (Å²) in [5, 5.41) is 16.2. The Morgan fingerprint density at radius 1 is 0.815 bits per heavy atom. The zero-order chi connectivity index (χ0) is 19.4. The van der Waals surface area contributed by atoms with Crippen molar-refractivity contribution in [2.24, 2.45) is 0 Å². The summed E-state index contributed by atoms with van der Waals surface area (Å²) in [7, 11) is 2.95. The Hall–Kier alpha value is -3.74. The molecule has 3 aromatic carbocycles. The maximum atomic E-state index is 12.3. The van der Waals surface area contributed by atoms with Crippen LogP contribution in [0.3, 0.4) is 0 Å². The number of nitrogens with one attached hydrogen (secondary N) is 2. The summed E-state index contributed by atoms with van der Waals surface area (Å²) in [6, 6.07) is 14.9. The lowest BCUT2D eigenvalue weighted by molar-refractivity contribution is -0.132. The Morgan fingerprint density at radius 2 is 1.48 bits per heavy atom. The van der Waals surface area contributed by atoms with Crippen LogP contribution in [0.1, 0.15) is 0 Å². The SMILES string of the molecule is COc1ccc(OC)c(NC(=O)C(=O)Nc2cccc3c(O)cccc23)c1. The van der Waals surface area contributed by atoms with Gasteiger partial charge < -0.3 is 25.2 Å². The number of amides is 2. The van der Waals surface area contributed by atoms with Gasteiger partial charge in [-0.05, 0) is 24.3 Å². The van der Waals surface area contributed by atoms with Crippen molar-refractivity contribution in [1.29, 1.82) is 0 Å². The second-order valence-corrected chi connectivity index (χ2v) is 5.65. The lowest BCUT2D eigenvalue weighted by Crippen LogP contribution is -2.29. The lowest BCUT2D eigenvalue weighted by Gasteiger charge is -2.12. The molecule has 27 heavy (non-hydrogen) atoms. The van der Waals surface area contributed by atoms with Crippen molar-refractivity contribution in [2.75, 3.05) is 24.9 Å². The molecule has 0 atom stereocenters. The van der Waals surface area contributed by atoms with Crippen molar-refractivity contribution >= 4 is 34.0 Å². The number of fused-ring (bicyclic) bond motifs is 1. The van der Waals surface area contributed by atoms with Gasteiger partial charge in [-0.1, -0.05) is 24.3 Å². The molecular weight excluding hydrogens is 348 g/mol. The van der Waals surface area contributed by atoms with Gasteiger partial charge in [0.05, 0.1) is 19.9 Å². The van der Waals surface area contributed by atoms with Gasteiger partial charge >= 0.3 is 11.8 Å². The molecule has 0 spiro atoms. The largest absolute Gasteiger partial charge is 0.507 e. The fraction of sp³-hybridized carbons (Fsp3) is 0.100. The molecule has 0 aliphatic carbocycles. The van der Waals surface area contributed by atoms with Crippen LogP contribution in [0.4, 0.5) is 11.4 Å². The fourth-order valence-electron chi connectivity index (χ4n) is 2.67. The molecule has 0 fully saturated rings. The van der Waals surface area contributed by atoms with Crippen molar-refractivity contribution in [2.45, 2.75) is 0 Å². The summed E-state index contributed by atoms with van der Waals surface area (Å²) in [6.45, 7) is 0. The predicted octanol–water partition coefficient (Wildman–Crippen LogP) is 3.14. The van der Waals surface area contributed by atoms with Crippen LogP contribution in [0, 0.1) is 0 Å². The Kier molecular flexibility index (Phi) is 5.12. The van der Waals surface area contributed by atoms with E-state index in [-0.39, 0.29) is 5.75 Å². The third-order valence-corrected chi connectivity index (χ3v) is 4.01. The molecule has 138 valence electrons. The molecule has 0 saturated carbocycles. The number of phenolic OH excluding ortho intramolecular Hbond substituents is 1. The number of phenols is 1. The van der Waals surface area contributed by atoms with Crippen LogP contribution in [0.5, 0.6) is 17.2 Å². The molecule has 0 aromatic heterocycles. The van der Waals surface area contributed by atoms with Crippen LogP contribution in [-0.2, 0) is 9.59 Å². The third-order valence-electron chi connectivity index (χ3n) is 4.01. The first kappa shape index (κ1) is 18.1. The quantitative estimate of drug-likeness (QED) is 0.617. The van der Waals surface area contributed by atoms with Gasteiger partial charge in [0.1, 0.15) is 17.2 Å². The molecule has 0 saturated heterocycles. The topological polar surface area (TPSA) is 96.9 Å². The summed E-state index contributed by atoms with van der Waals surface area (Å²) in [6.07, 6.45) is 0. The van der Waals surface area contributed by atoms with Gasteiger partial charge in [0, 0.05) is 22.5 Å². The predicted molar refractivity (Wildman–Crippen MR) is 102 cm³/mol. The van der Waals surface area contributed by atoms with Crippen molar-refractivity contribution in [1.82, 2.24) is 0 Å². The Morgan fingerprint density at radius 3 is 2.19 bits per heavy atom. The minimum Gasteiger partial charge on any atom is -0.507 e. The number of carbonyl (C=O) groups excluding carboxylic acids is 2. The van der Waals surface area contributed by atoms with Crippen LogP contribution >= 0.6 is 0 Å². The molecule has 0 heterocycles. The molecule has 0 aliphatic heterocycles. The van der Waals surface area contributed by atoms with Gasteiger partial charge in [0.2, 0.25) is 0 Å². The number of methoxy groups -OCH3 is 2. The molecule has 0 radical (unpaired) electrons. The first-order valence-corrected chi connectivity index (χ1v) is 8.08. The standard InChI is InChI=1S/C20H18N2O5/c1-26-12-9-10-18(27-2)16(11-12)22-20(25)19(24)21-15-7-3-6-14-13(15)5-4-8-17(14)23/h3-11,23H,1-2H3,(H,21,24)(H,22,25). The minimum atomic E-state index is -0.862. The van der Waals surface area contributed by atoms with Crippen LogP contribution in [0.15, 0.2) is 54.6 Å². The van der Waals surface area contributed by atoms with Gasteiger partial charge in [-0.3, -0.25) is 9.59 Å². The van der Waals surface area contributed by atoms with Crippen molar-refractivity contribution in [3.63, 3.8) is 0 Å². The number of benzene rings is 3. The van der Waals surface area contributed by atoms with Gasteiger partial charge in [0.15, 0.2) is 0 Å². The first-order chi connectivity index (χ1) is 13.0. The van der Waals surface area contributed by atoms with Crippen LogP contribution < -0.4 is 20.1 Å². The van der Waals surface area contributed by atoms with Crippen molar-refractivity contribution < 1.29 is 24.2 Å². The third kappa shape index (κ3) is 3.77. The van der Waals surface area contributed by atoms with E-state index in [0.717, 1.165) is 0 Å². The molecule has 7 nitrogen and oxygen atoms in total. The Labute approximate surface area is 155 Å². The number of anilines is 2. The lowest BCUT2D eigenvalue weighted by atomic mass is 10.1. The number of carbonyl (C=O) groups is 2. The first-order valence-electron chi connectivity index (χ1n) is 8.08. The van der Waals surface area contributed by atoms with Crippen molar-refractivity contribution in [3.8, 4) is 17.2 Å². The highest BCUT2D eigenvalue weighted by atomic mass is 16.5. The highest BCUT2D eigenvalue weighted by Gasteiger charge is 2.18. The second-order valence-electron chi connectivity index (χ2n) is 5.65. The average Bonchev–Trinajstić information content (AvgIpc) is 2.68. The van der Waals surface area contributed by atoms with E-state index in [1.807, 2.05) is 0 Å². The van der Waals surface area contributed by atoms with E-state index in [1.54, 1.807) is 54.6 Å². The van der Waals surface area contributed by atoms with Crippen LogP contribution in [0.2, 0.25) is 0 Å². The van der Waals surface area contributed by atoms with Gasteiger partial charge in [-0.15, -0.1) is 0 Å². The Bertz CT molecular complexity index is 1020. The number of aromatic hydroxyl groups is 1. The number of hydrogen-bond donors (Lipinski definition) is 3. The van der Waals surface area contributed by atoms with E-state index in [1.165, 1.54) is 14.2 Å². The average molecular weight is 366 g/mol. The normalized spacial score (nSPS) is 10.3. The van der Waals surface area contributed by atoms with E-state index in [2.05, 4.69) is 10.6 Å². The zero-order valence-corrected chi connectivity index (χ0v) is 14.8. The molecule has 3 N–H and O–H groups in total. The Balaban J connectivity index is 1.82. The second kappa shape index (κ2) is 7.65. The van der Waals surface area contributed by atoms with Crippen molar-refractivity contribution in [3.05, 3.63) is 54.6 Å². The van der Waals surface area contributed by atoms with E-state index < -0.39 is 11.8 Å². The van der Waals surface area contributed by atoms with Crippen LogP contribution in [0.25, 0.3) is 10.8 Å². The molecule has 2 amide bonds. The van der Waals surface area contributed by atoms with Crippen LogP contribution in [-0.4, -0.2) is 31.1 Å².